The average molecular weight is 477 g/mol. The maximum atomic E-state index is 13.3. The zero-order chi connectivity index (χ0) is 21.9. The molecule has 3 heterocycles. The van der Waals surface area contributed by atoms with Gasteiger partial charge in [0, 0.05) is 19.3 Å². The molecule has 13 heteroatoms. The molecule has 0 aromatic carbocycles. The molecule has 2 saturated heterocycles. The standard InChI is InChI=1S/C17H21ClN4O6S2/c18-12-11-20(7-3-4-10-30(25,26)27)16(28-12)14-15(24)22(13-5-1-2-6-19-13)17(29)21(14)8-9-23/h1-2,5-6,12,23H,3-4,7-11H2,(H,25,26,27). The predicted octanol–water partition coefficient (Wildman–Crippen LogP) is 0.742. The summed E-state index contributed by atoms with van der Waals surface area (Å²) >= 11 is 11.6. The molecular formula is C17H21ClN4O6S2. The molecule has 0 bridgehead atoms. The number of unbranched alkanes of at least 4 members (excludes halogenated alkanes) is 1. The summed E-state index contributed by atoms with van der Waals surface area (Å²) in [5.74, 6) is -0.270. The van der Waals surface area contributed by atoms with E-state index in [0.29, 0.717) is 18.8 Å². The molecule has 164 valence electrons. The van der Waals surface area contributed by atoms with Gasteiger partial charge in [0.15, 0.2) is 16.4 Å². The number of amides is 1. The smallest absolute Gasteiger partial charge is 0.288 e. The van der Waals surface area contributed by atoms with Crippen molar-refractivity contribution in [3.8, 4) is 0 Å². The molecule has 1 atom stereocenters. The van der Waals surface area contributed by atoms with Gasteiger partial charge < -0.3 is 19.6 Å². The molecule has 1 aromatic rings. The second kappa shape index (κ2) is 9.43. The van der Waals surface area contributed by atoms with Gasteiger partial charge in [-0.15, -0.1) is 0 Å². The number of nitrogens with zero attached hydrogens (tertiary/aromatic N) is 4. The van der Waals surface area contributed by atoms with Crippen molar-refractivity contribution in [2.24, 2.45) is 0 Å². The lowest BCUT2D eigenvalue weighted by molar-refractivity contribution is -0.114. The number of halogens is 1. The van der Waals surface area contributed by atoms with Gasteiger partial charge in [0.1, 0.15) is 5.82 Å². The first kappa shape index (κ1) is 22.7. The fourth-order valence-electron chi connectivity index (χ4n) is 3.20. The Morgan fingerprint density at radius 2 is 2.07 bits per heavy atom. The number of β-amino-alcohol motifs (C(OH)–C–C–N with tert-alkyl or cyclic N) is 1. The van der Waals surface area contributed by atoms with Crippen molar-refractivity contribution < 1.29 is 27.6 Å². The number of hydrogen-bond donors (Lipinski definition) is 2. The van der Waals surface area contributed by atoms with Gasteiger partial charge in [0.05, 0.1) is 18.9 Å². The number of alkyl halides is 1. The maximum Gasteiger partial charge on any atom is 0.288 e. The molecule has 2 fully saturated rings. The molecule has 2 aliphatic rings. The number of thiocarbonyl (C=S) groups is 1. The van der Waals surface area contributed by atoms with Crippen molar-refractivity contribution in [1.82, 2.24) is 14.8 Å². The number of carbonyl (C=O) groups is 1. The van der Waals surface area contributed by atoms with Gasteiger partial charge >= 0.3 is 0 Å². The van der Waals surface area contributed by atoms with Crippen LogP contribution in [0.5, 0.6) is 0 Å². The van der Waals surface area contributed by atoms with Crippen LogP contribution in [-0.2, 0) is 19.6 Å². The van der Waals surface area contributed by atoms with E-state index in [4.69, 9.17) is 33.1 Å². The van der Waals surface area contributed by atoms with Crippen LogP contribution in [0.2, 0.25) is 0 Å². The van der Waals surface area contributed by atoms with Crippen LogP contribution in [0.15, 0.2) is 36.0 Å². The first-order valence-electron chi connectivity index (χ1n) is 9.16. The van der Waals surface area contributed by atoms with Crippen molar-refractivity contribution in [2.75, 3.05) is 36.9 Å². The zero-order valence-electron chi connectivity index (χ0n) is 15.8. The third-order valence-corrected chi connectivity index (χ3v) is 5.91. The molecule has 3 rings (SSSR count). The Morgan fingerprint density at radius 1 is 1.30 bits per heavy atom. The zero-order valence-corrected chi connectivity index (χ0v) is 18.2. The highest BCUT2D eigenvalue weighted by Gasteiger charge is 2.45. The maximum absolute atomic E-state index is 13.3. The summed E-state index contributed by atoms with van der Waals surface area (Å²) in [5.41, 5.74) is -0.576. The van der Waals surface area contributed by atoms with Crippen LogP contribution >= 0.6 is 23.8 Å². The fraction of sp³-hybridized carbons (Fsp3) is 0.471. The number of rotatable bonds is 8. The highest BCUT2D eigenvalue weighted by molar-refractivity contribution is 7.85. The van der Waals surface area contributed by atoms with Crippen molar-refractivity contribution >= 4 is 50.8 Å². The van der Waals surface area contributed by atoms with Gasteiger partial charge in [0.25, 0.3) is 16.0 Å². The Morgan fingerprint density at radius 3 is 2.70 bits per heavy atom. The van der Waals surface area contributed by atoms with Crippen molar-refractivity contribution in [2.45, 2.75) is 18.4 Å². The number of aliphatic hydroxyl groups is 1. The molecule has 1 unspecified atom stereocenters. The molecular weight excluding hydrogens is 456 g/mol. The van der Waals surface area contributed by atoms with E-state index in [1.165, 1.54) is 16.0 Å². The molecule has 0 saturated carbocycles. The number of aliphatic hydroxyl groups excluding tert-OH is 1. The largest absolute Gasteiger partial charge is 0.456 e. The van der Waals surface area contributed by atoms with Gasteiger partial charge in [0.2, 0.25) is 5.88 Å². The molecule has 0 spiro atoms. The molecule has 0 radical (unpaired) electrons. The van der Waals surface area contributed by atoms with Gasteiger partial charge in [-0.05, 0) is 37.2 Å². The predicted molar refractivity (Wildman–Crippen MR) is 113 cm³/mol. The lowest BCUT2D eigenvalue weighted by Crippen LogP contribution is -2.34. The summed E-state index contributed by atoms with van der Waals surface area (Å²) < 4.78 is 36.4. The first-order chi connectivity index (χ1) is 14.2. The number of carbonyl (C=O) groups excluding carboxylic acids is 1. The summed E-state index contributed by atoms with van der Waals surface area (Å²) in [4.78, 5) is 21.9. The van der Waals surface area contributed by atoms with Crippen LogP contribution in [0.1, 0.15) is 12.8 Å². The van der Waals surface area contributed by atoms with Gasteiger partial charge in [-0.1, -0.05) is 17.7 Å². The lowest BCUT2D eigenvalue weighted by atomic mass is 10.3. The number of aromatic nitrogens is 1. The molecule has 1 aromatic heterocycles. The van der Waals surface area contributed by atoms with Crippen LogP contribution in [0, 0.1) is 0 Å². The van der Waals surface area contributed by atoms with Crippen molar-refractivity contribution in [1.29, 1.82) is 0 Å². The summed E-state index contributed by atoms with van der Waals surface area (Å²) in [5, 5.41) is 9.64. The number of ether oxygens (including phenoxy) is 1. The van der Waals surface area contributed by atoms with Crippen LogP contribution < -0.4 is 4.90 Å². The van der Waals surface area contributed by atoms with E-state index < -0.39 is 21.6 Å². The van der Waals surface area contributed by atoms with Crippen molar-refractivity contribution in [3.05, 3.63) is 36.0 Å². The summed E-state index contributed by atoms with van der Waals surface area (Å²) in [6, 6.07) is 5.08. The molecule has 2 N–H and O–H groups in total. The van der Waals surface area contributed by atoms with E-state index in [9.17, 15) is 18.3 Å². The van der Waals surface area contributed by atoms with Crippen molar-refractivity contribution in [3.63, 3.8) is 0 Å². The van der Waals surface area contributed by atoms with Gasteiger partial charge in [-0.3, -0.25) is 9.35 Å². The number of hydrogen-bond acceptors (Lipinski definition) is 8. The summed E-state index contributed by atoms with van der Waals surface area (Å²) in [7, 11) is -4.04. The van der Waals surface area contributed by atoms with Crippen LogP contribution in [-0.4, -0.2) is 81.4 Å². The third kappa shape index (κ3) is 5.01. The van der Waals surface area contributed by atoms with Crippen LogP contribution in [0.3, 0.4) is 0 Å². The van der Waals surface area contributed by atoms with E-state index in [2.05, 4.69) is 4.98 Å². The highest BCUT2D eigenvalue weighted by atomic mass is 35.5. The summed E-state index contributed by atoms with van der Waals surface area (Å²) in [6.07, 6.45) is 2.19. The summed E-state index contributed by atoms with van der Waals surface area (Å²) in [6.45, 7) is 0.454. The monoisotopic (exact) mass is 476 g/mol. The second-order valence-electron chi connectivity index (χ2n) is 6.61. The Balaban J connectivity index is 1.89. The van der Waals surface area contributed by atoms with Gasteiger partial charge in [-0.25, -0.2) is 9.88 Å². The van der Waals surface area contributed by atoms with Gasteiger partial charge in [-0.2, -0.15) is 8.42 Å². The average Bonchev–Trinajstić information content (AvgIpc) is 3.16. The molecule has 0 aliphatic carbocycles. The second-order valence-corrected chi connectivity index (χ2v) is 9.03. The Hall–Kier alpha value is -1.99. The topological polar surface area (TPSA) is 124 Å². The molecule has 1 amide bonds. The van der Waals surface area contributed by atoms with E-state index in [-0.39, 0.29) is 48.6 Å². The van der Waals surface area contributed by atoms with E-state index in [1.54, 1.807) is 23.1 Å². The molecule has 2 aliphatic heterocycles. The van der Waals surface area contributed by atoms with E-state index in [1.807, 2.05) is 0 Å². The highest BCUT2D eigenvalue weighted by Crippen LogP contribution is 2.33. The Kier molecular flexibility index (Phi) is 7.14. The number of anilines is 1. The minimum atomic E-state index is -4.04. The quantitative estimate of drug-likeness (QED) is 0.182. The van der Waals surface area contributed by atoms with E-state index >= 15 is 0 Å². The van der Waals surface area contributed by atoms with E-state index in [0.717, 1.165) is 0 Å². The Bertz CT molecular complexity index is 943. The number of pyridine rings is 1. The SMILES string of the molecule is O=C1C(=C2OC(Cl)CN2CCCCS(=O)(=O)O)N(CCO)C(=S)N1c1ccccn1. The Labute approximate surface area is 184 Å². The lowest BCUT2D eigenvalue weighted by Gasteiger charge is -2.22. The third-order valence-electron chi connectivity index (χ3n) is 4.47. The molecule has 30 heavy (non-hydrogen) atoms. The molecule has 10 nitrogen and oxygen atoms in total. The fourth-order valence-corrected chi connectivity index (χ4v) is 4.38. The minimum absolute atomic E-state index is 0.0691. The minimum Gasteiger partial charge on any atom is -0.456 e. The normalized spacial score (nSPS) is 22.2. The van der Waals surface area contributed by atoms with Crippen LogP contribution in [0.25, 0.3) is 0 Å². The van der Waals surface area contributed by atoms with Crippen LogP contribution in [0.4, 0.5) is 5.82 Å². The first-order valence-corrected chi connectivity index (χ1v) is 11.6.